The fourth-order valence-electron chi connectivity index (χ4n) is 0.834. The van der Waals surface area contributed by atoms with Gasteiger partial charge in [-0.2, -0.15) is 8.78 Å². The molecule has 0 heterocycles. The molecule has 0 saturated carbocycles. The highest BCUT2D eigenvalue weighted by Gasteiger charge is 2.39. The van der Waals surface area contributed by atoms with Gasteiger partial charge in [-0.3, -0.25) is 4.79 Å². The summed E-state index contributed by atoms with van der Waals surface area (Å²) in [5.74, 6) is -6.52. The summed E-state index contributed by atoms with van der Waals surface area (Å²) in [7, 11) is 0. The van der Waals surface area contributed by atoms with Crippen LogP contribution in [0.2, 0.25) is 0 Å². The largest absolute Gasteiger partial charge is 0.364 e. The standard InChI is InChI=1S/C8H5BrF3NO/c9-5-2-1-4(3-6(5)10)8(11,12)7(13)14/h1-3H,(H2,13,14). The molecule has 0 spiro atoms. The lowest BCUT2D eigenvalue weighted by atomic mass is 10.1. The van der Waals surface area contributed by atoms with Crippen molar-refractivity contribution in [2.45, 2.75) is 5.92 Å². The molecule has 0 aliphatic carbocycles. The Morgan fingerprint density at radius 1 is 1.43 bits per heavy atom. The van der Waals surface area contributed by atoms with E-state index in [4.69, 9.17) is 0 Å². The van der Waals surface area contributed by atoms with Crippen molar-refractivity contribution in [2.24, 2.45) is 5.73 Å². The Hall–Kier alpha value is -1.04. The van der Waals surface area contributed by atoms with Crippen molar-refractivity contribution in [3.63, 3.8) is 0 Å². The third kappa shape index (κ3) is 1.89. The quantitative estimate of drug-likeness (QED) is 0.877. The third-order valence-corrected chi connectivity index (χ3v) is 2.23. The van der Waals surface area contributed by atoms with Crippen LogP contribution in [0.4, 0.5) is 13.2 Å². The highest BCUT2D eigenvalue weighted by molar-refractivity contribution is 9.10. The lowest BCUT2D eigenvalue weighted by molar-refractivity contribution is -0.143. The van der Waals surface area contributed by atoms with Gasteiger partial charge in [-0.1, -0.05) is 6.07 Å². The van der Waals surface area contributed by atoms with Crippen molar-refractivity contribution >= 4 is 21.8 Å². The molecule has 2 N–H and O–H groups in total. The first kappa shape index (κ1) is 11.0. The normalized spacial score (nSPS) is 11.4. The van der Waals surface area contributed by atoms with Gasteiger partial charge in [-0.25, -0.2) is 4.39 Å². The Bertz CT molecular complexity index is 381. The number of carbonyl (C=O) groups is 1. The maximum absolute atomic E-state index is 12.9. The number of benzene rings is 1. The molecule has 1 aromatic carbocycles. The number of hydrogen-bond acceptors (Lipinski definition) is 1. The Balaban J connectivity index is 3.21. The second-order valence-corrected chi connectivity index (χ2v) is 3.42. The third-order valence-electron chi connectivity index (χ3n) is 1.59. The molecule has 0 saturated heterocycles. The highest BCUT2D eigenvalue weighted by atomic mass is 79.9. The van der Waals surface area contributed by atoms with E-state index in [9.17, 15) is 18.0 Å². The summed E-state index contributed by atoms with van der Waals surface area (Å²) >= 11 is 2.80. The van der Waals surface area contributed by atoms with Crippen LogP contribution in [0.15, 0.2) is 22.7 Å². The van der Waals surface area contributed by atoms with E-state index < -0.39 is 23.2 Å². The number of nitrogens with two attached hydrogens (primary N) is 1. The molecule has 1 rings (SSSR count). The molecule has 0 atom stereocenters. The molecule has 6 heteroatoms. The van der Waals surface area contributed by atoms with Gasteiger partial charge in [-0.15, -0.1) is 0 Å². The number of primary amides is 1. The van der Waals surface area contributed by atoms with Gasteiger partial charge in [0.1, 0.15) is 5.82 Å². The predicted octanol–water partition coefficient (Wildman–Crippen LogP) is 2.17. The van der Waals surface area contributed by atoms with Crippen molar-refractivity contribution in [3.05, 3.63) is 34.1 Å². The molecule has 0 radical (unpaired) electrons. The number of carbonyl (C=O) groups excluding carboxylic acids is 1. The Morgan fingerprint density at radius 3 is 2.43 bits per heavy atom. The molecule has 1 aromatic rings. The molecule has 0 unspecified atom stereocenters. The first-order chi connectivity index (χ1) is 6.35. The molecule has 76 valence electrons. The number of rotatable bonds is 2. The van der Waals surface area contributed by atoms with Gasteiger partial charge >= 0.3 is 5.92 Å². The van der Waals surface area contributed by atoms with Crippen LogP contribution in [-0.2, 0) is 10.7 Å². The zero-order valence-electron chi connectivity index (χ0n) is 6.73. The first-order valence-electron chi connectivity index (χ1n) is 3.49. The minimum Gasteiger partial charge on any atom is -0.364 e. The molecule has 0 aromatic heterocycles. The molecular weight excluding hydrogens is 263 g/mol. The molecule has 0 aliphatic rings. The fourth-order valence-corrected chi connectivity index (χ4v) is 1.08. The van der Waals surface area contributed by atoms with Gasteiger partial charge in [0.2, 0.25) is 0 Å². The highest BCUT2D eigenvalue weighted by Crippen LogP contribution is 2.29. The van der Waals surface area contributed by atoms with E-state index in [2.05, 4.69) is 21.7 Å². The van der Waals surface area contributed by atoms with Gasteiger partial charge in [0.05, 0.1) is 4.47 Å². The molecule has 14 heavy (non-hydrogen) atoms. The summed E-state index contributed by atoms with van der Waals surface area (Å²) < 4.78 is 38.8. The second kappa shape index (κ2) is 3.61. The maximum atomic E-state index is 12.9. The van der Waals surface area contributed by atoms with Gasteiger partial charge < -0.3 is 5.73 Å². The van der Waals surface area contributed by atoms with Gasteiger partial charge in [0.25, 0.3) is 5.91 Å². The van der Waals surface area contributed by atoms with E-state index in [-0.39, 0.29) is 4.47 Å². The zero-order valence-corrected chi connectivity index (χ0v) is 8.32. The van der Waals surface area contributed by atoms with Crippen LogP contribution < -0.4 is 5.73 Å². The van der Waals surface area contributed by atoms with E-state index >= 15 is 0 Å². The zero-order chi connectivity index (χ0) is 10.9. The number of alkyl halides is 2. The molecule has 1 amide bonds. The number of halogens is 4. The van der Waals surface area contributed by atoms with E-state index in [0.29, 0.717) is 6.07 Å². The minimum absolute atomic E-state index is 0.0431. The first-order valence-corrected chi connectivity index (χ1v) is 4.28. The van der Waals surface area contributed by atoms with Crippen molar-refractivity contribution in [1.82, 2.24) is 0 Å². The lowest BCUT2D eigenvalue weighted by Gasteiger charge is -2.12. The Labute approximate surface area is 86.0 Å². The molecule has 2 nitrogen and oxygen atoms in total. The predicted molar refractivity (Wildman–Crippen MR) is 47.2 cm³/mol. The Kier molecular flexibility index (Phi) is 2.84. The maximum Gasteiger partial charge on any atom is 0.349 e. The van der Waals surface area contributed by atoms with Crippen LogP contribution in [-0.4, -0.2) is 5.91 Å². The van der Waals surface area contributed by atoms with Crippen molar-refractivity contribution < 1.29 is 18.0 Å². The topological polar surface area (TPSA) is 43.1 Å². The SMILES string of the molecule is NC(=O)C(F)(F)c1ccc(Br)c(F)c1. The van der Waals surface area contributed by atoms with Crippen LogP contribution in [0.1, 0.15) is 5.56 Å². The van der Waals surface area contributed by atoms with Crippen LogP contribution in [0.5, 0.6) is 0 Å². The Morgan fingerprint density at radius 2 is 2.00 bits per heavy atom. The minimum atomic E-state index is -3.85. The van der Waals surface area contributed by atoms with Crippen LogP contribution >= 0.6 is 15.9 Å². The van der Waals surface area contributed by atoms with Crippen LogP contribution in [0, 0.1) is 5.82 Å². The molecule has 0 bridgehead atoms. The van der Waals surface area contributed by atoms with Gasteiger partial charge in [-0.05, 0) is 28.1 Å². The molecule has 0 aliphatic heterocycles. The average molecular weight is 268 g/mol. The molecular formula is C8H5BrF3NO. The summed E-state index contributed by atoms with van der Waals surface area (Å²) in [6, 6.07) is 2.58. The van der Waals surface area contributed by atoms with Crippen molar-refractivity contribution in [2.75, 3.05) is 0 Å². The summed E-state index contributed by atoms with van der Waals surface area (Å²) in [4.78, 5) is 10.4. The second-order valence-electron chi connectivity index (χ2n) is 2.57. The van der Waals surface area contributed by atoms with Crippen molar-refractivity contribution in [3.8, 4) is 0 Å². The van der Waals surface area contributed by atoms with Gasteiger partial charge in [0.15, 0.2) is 0 Å². The number of hydrogen-bond donors (Lipinski definition) is 1. The molecule has 0 fully saturated rings. The van der Waals surface area contributed by atoms with E-state index in [1.807, 2.05) is 0 Å². The van der Waals surface area contributed by atoms with E-state index in [0.717, 1.165) is 12.1 Å². The monoisotopic (exact) mass is 267 g/mol. The van der Waals surface area contributed by atoms with E-state index in [1.54, 1.807) is 0 Å². The van der Waals surface area contributed by atoms with E-state index in [1.165, 1.54) is 0 Å². The number of amides is 1. The van der Waals surface area contributed by atoms with Crippen LogP contribution in [0.25, 0.3) is 0 Å². The van der Waals surface area contributed by atoms with Crippen molar-refractivity contribution in [1.29, 1.82) is 0 Å². The summed E-state index contributed by atoms with van der Waals surface area (Å²) in [5.41, 5.74) is 3.71. The smallest absolute Gasteiger partial charge is 0.349 e. The lowest BCUT2D eigenvalue weighted by Crippen LogP contribution is -2.32. The summed E-state index contributed by atoms with van der Waals surface area (Å²) in [6.07, 6.45) is 0. The van der Waals surface area contributed by atoms with Gasteiger partial charge in [0, 0.05) is 5.56 Å². The fraction of sp³-hybridized carbons (Fsp3) is 0.125. The summed E-state index contributed by atoms with van der Waals surface area (Å²) in [6.45, 7) is 0. The summed E-state index contributed by atoms with van der Waals surface area (Å²) in [5, 5.41) is 0. The average Bonchev–Trinajstić information content (AvgIpc) is 2.09. The van der Waals surface area contributed by atoms with Crippen LogP contribution in [0.3, 0.4) is 0 Å².